The third-order valence-electron chi connectivity index (χ3n) is 0.795. The standard InChI is InChI=1S/C5H10.C3H6O2/c1-3-5-4-2;1-2-3(4)5/h3H,1,4-5H2,2H3;2H2,1H3,(H,4,5). The largest absolute Gasteiger partial charge is 0.481 e. The number of carbonyl (C=O) groups is 1. The van der Waals surface area contributed by atoms with Gasteiger partial charge in [0.15, 0.2) is 0 Å². The predicted molar refractivity (Wildman–Crippen MR) is 43.0 cm³/mol. The second-order valence-corrected chi connectivity index (χ2v) is 1.82. The zero-order valence-corrected chi connectivity index (χ0v) is 6.76. The van der Waals surface area contributed by atoms with Crippen LogP contribution in [0.15, 0.2) is 12.7 Å². The number of hydrogen-bond donors (Lipinski definition) is 1. The van der Waals surface area contributed by atoms with E-state index in [9.17, 15) is 4.79 Å². The molecular formula is C8H16O2. The smallest absolute Gasteiger partial charge is 0.303 e. The van der Waals surface area contributed by atoms with Crippen molar-refractivity contribution in [3.63, 3.8) is 0 Å². The van der Waals surface area contributed by atoms with Crippen LogP contribution in [0.4, 0.5) is 0 Å². The van der Waals surface area contributed by atoms with Crippen LogP contribution >= 0.6 is 0 Å². The molecule has 0 heterocycles. The van der Waals surface area contributed by atoms with E-state index in [1.807, 2.05) is 6.08 Å². The molecule has 1 N–H and O–H groups in total. The minimum absolute atomic E-state index is 0.222. The highest BCUT2D eigenvalue weighted by molar-refractivity contribution is 5.66. The molecule has 0 aromatic carbocycles. The minimum Gasteiger partial charge on any atom is -0.481 e. The molecule has 0 unspecified atom stereocenters. The maximum Gasteiger partial charge on any atom is 0.303 e. The fraction of sp³-hybridized carbons (Fsp3) is 0.625. The molecule has 2 heteroatoms. The molecule has 0 aliphatic rings. The van der Waals surface area contributed by atoms with E-state index in [4.69, 9.17) is 5.11 Å². The van der Waals surface area contributed by atoms with E-state index in [-0.39, 0.29) is 6.42 Å². The lowest BCUT2D eigenvalue weighted by Crippen LogP contribution is -1.86. The average Bonchev–Trinajstić information content (AvgIpc) is 1.91. The molecule has 0 rings (SSSR count). The van der Waals surface area contributed by atoms with Crippen LogP contribution in [-0.2, 0) is 4.79 Å². The van der Waals surface area contributed by atoms with Gasteiger partial charge in [0.2, 0.25) is 0 Å². The van der Waals surface area contributed by atoms with E-state index in [0.29, 0.717) is 0 Å². The lowest BCUT2D eigenvalue weighted by atomic mass is 10.3. The third-order valence-corrected chi connectivity index (χ3v) is 0.795. The Balaban J connectivity index is 0. The van der Waals surface area contributed by atoms with Crippen LogP contribution in [0, 0.1) is 0 Å². The van der Waals surface area contributed by atoms with Gasteiger partial charge in [-0.1, -0.05) is 26.3 Å². The van der Waals surface area contributed by atoms with Crippen molar-refractivity contribution in [1.82, 2.24) is 0 Å². The third kappa shape index (κ3) is 27.0. The topological polar surface area (TPSA) is 37.3 Å². The van der Waals surface area contributed by atoms with Gasteiger partial charge in [-0.3, -0.25) is 4.79 Å². The zero-order chi connectivity index (χ0) is 8.41. The quantitative estimate of drug-likeness (QED) is 0.618. The lowest BCUT2D eigenvalue weighted by Gasteiger charge is -1.72. The van der Waals surface area contributed by atoms with Crippen LogP contribution in [0.25, 0.3) is 0 Å². The Hall–Kier alpha value is -0.790. The van der Waals surface area contributed by atoms with Gasteiger partial charge in [-0.25, -0.2) is 0 Å². The minimum atomic E-state index is -0.745. The van der Waals surface area contributed by atoms with Crippen LogP contribution in [-0.4, -0.2) is 11.1 Å². The average molecular weight is 144 g/mol. The summed E-state index contributed by atoms with van der Waals surface area (Å²) in [5.41, 5.74) is 0. The van der Waals surface area contributed by atoms with Crippen molar-refractivity contribution in [3.8, 4) is 0 Å². The van der Waals surface area contributed by atoms with Crippen LogP contribution in [0.1, 0.15) is 33.1 Å². The van der Waals surface area contributed by atoms with E-state index in [0.717, 1.165) is 6.42 Å². The summed E-state index contributed by atoms with van der Waals surface area (Å²) in [5.74, 6) is -0.745. The molecule has 60 valence electrons. The molecule has 0 fully saturated rings. The van der Waals surface area contributed by atoms with E-state index in [1.165, 1.54) is 6.42 Å². The molecule has 0 aromatic rings. The maximum absolute atomic E-state index is 9.37. The highest BCUT2D eigenvalue weighted by Crippen LogP contribution is 1.82. The fourth-order valence-corrected chi connectivity index (χ4v) is 0.204. The molecule has 2 nitrogen and oxygen atoms in total. The summed E-state index contributed by atoms with van der Waals surface area (Å²) in [5, 5.41) is 7.72. The second-order valence-electron chi connectivity index (χ2n) is 1.82. The Morgan fingerprint density at radius 3 is 2.00 bits per heavy atom. The number of carboxylic acid groups (broad SMARTS) is 1. The molecule has 0 aromatic heterocycles. The van der Waals surface area contributed by atoms with Gasteiger partial charge >= 0.3 is 5.97 Å². The summed E-state index contributed by atoms with van der Waals surface area (Å²) < 4.78 is 0. The maximum atomic E-state index is 9.37. The number of allylic oxidation sites excluding steroid dienone is 1. The highest BCUT2D eigenvalue weighted by atomic mass is 16.4. The van der Waals surface area contributed by atoms with Gasteiger partial charge in [0, 0.05) is 6.42 Å². The predicted octanol–water partition coefficient (Wildman–Crippen LogP) is 2.45. The van der Waals surface area contributed by atoms with Gasteiger partial charge in [0.1, 0.15) is 0 Å². The highest BCUT2D eigenvalue weighted by Gasteiger charge is 1.80. The van der Waals surface area contributed by atoms with Crippen molar-refractivity contribution >= 4 is 5.97 Å². The first kappa shape index (κ1) is 11.9. The van der Waals surface area contributed by atoms with Crippen molar-refractivity contribution in [2.24, 2.45) is 0 Å². The first-order valence-corrected chi connectivity index (χ1v) is 3.51. The first-order chi connectivity index (χ1) is 4.68. The van der Waals surface area contributed by atoms with Crippen molar-refractivity contribution in [3.05, 3.63) is 12.7 Å². The van der Waals surface area contributed by atoms with Crippen molar-refractivity contribution in [1.29, 1.82) is 0 Å². The lowest BCUT2D eigenvalue weighted by molar-refractivity contribution is -0.136. The van der Waals surface area contributed by atoms with Gasteiger partial charge < -0.3 is 5.11 Å². The first-order valence-electron chi connectivity index (χ1n) is 3.51. The molecule has 0 atom stereocenters. The molecule has 0 spiro atoms. The van der Waals surface area contributed by atoms with Crippen molar-refractivity contribution < 1.29 is 9.90 Å². The molecule has 10 heavy (non-hydrogen) atoms. The number of aliphatic carboxylic acids is 1. The molecule has 0 aliphatic carbocycles. The van der Waals surface area contributed by atoms with Crippen LogP contribution < -0.4 is 0 Å². The van der Waals surface area contributed by atoms with Gasteiger partial charge in [-0.2, -0.15) is 0 Å². The summed E-state index contributed by atoms with van der Waals surface area (Å²) in [6, 6.07) is 0. The van der Waals surface area contributed by atoms with Crippen molar-refractivity contribution in [2.45, 2.75) is 33.1 Å². The van der Waals surface area contributed by atoms with Gasteiger partial charge in [0.05, 0.1) is 0 Å². The Labute approximate surface area is 62.6 Å². The number of hydrogen-bond acceptors (Lipinski definition) is 1. The molecule has 0 saturated carbocycles. The van der Waals surface area contributed by atoms with E-state index in [2.05, 4.69) is 13.5 Å². The van der Waals surface area contributed by atoms with Crippen molar-refractivity contribution in [2.75, 3.05) is 0 Å². The number of rotatable bonds is 3. The summed E-state index contributed by atoms with van der Waals surface area (Å²) in [7, 11) is 0. The number of unbranched alkanes of at least 4 members (excludes halogenated alkanes) is 1. The SMILES string of the molecule is C=CCCC.CCC(=O)O. The molecule has 0 saturated heterocycles. The summed E-state index contributed by atoms with van der Waals surface area (Å²) in [4.78, 5) is 9.37. The van der Waals surface area contributed by atoms with E-state index >= 15 is 0 Å². The Kier molecular flexibility index (Phi) is 13.2. The Bertz CT molecular complexity index is 87.3. The fourth-order valence-electron chi connectivity index (χ4n) is 0.204. The van der Waals surface area contributed by atoms with E-state index in [1.54, 1.807) is 6.92 Å². The van der Waals surface area contributed by atoms with Gasteiger partial charge in [-0.15, -0.1) is 6.58 Å². The Morgan fingerprint density at radius 2 is 2.00 bits per heavy atom. The summed E-state index contributed by atoms with van der Waals surface area (Å²) in [6.45, 7) is 7.29. The molecule has 0 aliphatic heterocycles. The zero-order valence-electron chi connectivity index (χ0n) is 6.76. The van der Waals surface area contributed by atoms with Gasteiger partial charge in [0.25, 0.3) is 0 Å². The van der Waals surface area contributed by atoms with E-state index < -0.39 is 5.97 Å². The molecule has 0 bridgehead atoms. The Morgan fingerprint density at radius 1 is 1.60 bits per heavy atom. The number of carboxylic acids is 1. The monoisotopic (exact) mass is 144 g/mol. The van der Waals surface area contributed by atoms with Crippen LogP contribution in [0.2, 0.25) is 0 Å². The molecular weight excluding hydrogens is 128 g/mol. The normalized spacial score (nSPS) is 7.40. The van der Waals surface area contributed by atoms with Gasteiger partial charge in [-0.05, 0) is 6.42 Å². The van der Waals surface area contributed by atoms with Crippen LogP contribution in [0.5, 0.6) is 0 Å². The summed E-state index contributed by atoms with van der Waals surface area (Å²) in [6.07, 6.45) is 4.53. The van der Waals surface area contributed by atoms with Crippen LogP contribution in [0.3, 0.4) is 0 Å². The summed E-state index contributed by atoms with van der Waals surface area (Å²) >= 11 is 0. The molecule has 0 amide bonds. The molecule has 0 radical (unpaired) electrons. The second kappa shape index (κ2) is 11.1.